The van der Waals surface area contributed by atoms with Gasteiger partial charge in [-0.05, 0) is 25.1 Å². The van der Waals surface area contributed by atoms with Crippen molar-refractivity contribution in [3.05, 3.63) is 41.1 Å². The molecule has 0 aliphatic carbocycles. The maximum atomic E-state index is 8.95. The van der Waals surface area contributed by atoms with E-state index >= 15 is 0 Å². The van der Waals surface area contributed by atoms with E-state index in [9.17, 15) is 0 Å². The summed E-state index contributed by atoms with van der Waals surface area (Å²) in [6.07, 6.45) is 0. The highest BCUT2D eigenvalue weighted by Gasteiger charge is 2.04. The zero-order chi connectivity index (χ0) is 13.8. The highest BCUT2D eigenvalue weighted by molar-refractivity contribution is 5.62. The second-order valence-corrected chi connectivity index (χ2v) is 3.86. The molecule has 0 unspecified atom stereocenters. The Balaban J connectivity index is 2.34. The fraction of sp³-hybridized carbons (Fsp3) is 0.0769. The number of aryl methyl sites for hydroxylation is 1. The lowest BCUT2D eigenvalue weighted by Crippen LogP contribution is -2.01. The van der Waals surface area contributed by atoms with Gasteiger partial charge < -0.3 is 11.1 Å². The van der Waals surface area contributed by atoms with Gasteiger partial charge in [-0.3, -0.25) is 0 Å². The van der Waals surface area contributed by atoms with E-state index in [1.807, 2.05) is 19.1 Å². The summed E-state index contributed by atoms with van der Waals surface area (Å²) in [6, 6.07) is 10.5. The number of hydrogen-bond acceptors (Lipinski definition) is 6. The van der Waals surface area contributed by atoms with Crippen LogP contribution in [0.2, 0.25) is 0 Å². The Morgan fingerprint density at radius 3 is 2.47 bits per heavy atom. The standard InChI is InChI=1S/C13H10N6/c1-8-4-12(19-13(16)17-8)18-11-3-2-9(6-14)10(5-11)7-15/h2-5H,1H3,(H3,16,17,18,19). The fourth-order valence-electron chi connectivity index (χ4n) is 1.62. The van der Waals surface area contributed by atoms with Gasteiger partial charge in [-0.1, -0.05) is 0 Å². The molecule has 19 heavy (non-hydrogen) atoms. The molecule has 1 aromatic carbocycles. The molecule has 0 amide bonds. The Labute approximate surface area is 110 Å². The number of hydrogen-bond donors (Lipinski definition) is 2. The Hall–Kier alpha value is -3.12. The van der Waals surface area contributed by atoms with Gasteiger partial charge in [0.1, 0.15) is 18.0 Å². The molecular formula is C13H10N6. The number of nitriles is 2. The van der Waals surface area contributed by atoms with E-state index in [1.54, 1.807) is 24.3 Å². The summed E-state index contributed by atoms with van der Waals surface area (Å²) < 4.78 is 0. The molecule has 0 aliphatic rings. The Morgan fingerprint density at radius 2 is 1.84 bits per heavy atom. The third kappa shape index (κ3) is 2.76. The monoisotopic (exact) mass is 250 g/mol. The minimum atomic E-state index is 0.177. The van der Waals surface area contributed by atoms with Crippen molar-refractivity contribution < 1.29 is 0 Å². The molecule has 0 fully saturated rings. The molecule has 0 radical (unpaired) electrons. The summed E-state index contributed by atoms with van der Waals surface area (Å²) in [6.45, 7) is 1.81. The Kier molecular flexibility index (Phi) is 3.26. The third-order valence-electron chi connectivity index (χ3n) is 2.40. The molecule has 6 nitrogen and oxygen atoms in total. The van der Waals surface area contributed by atoms with E-state index in [1.165, 1.54) is 0 Å². The number of benzene rings is 1. The maximum Gasteiger partial charge on any atom is 0.222 e. The minimum absolute atomic E-state index is 0.177. The summed E-state index contributed by atoms with van der Waals surface area (Å²) >= 11 is 0. The average molecular weight is 250 g/mol. The molecule has 1 heterocycles. The van der Waals surface area contributed by atoms with Crippen LogP contribution in [-0.4, -0.2) is 9.97 Å². The van der Waals surface area contributed by atoms with Crippen LogP contribution in [0.25, 0.3) is 0 Å². The fourth-order valence-corrected chi connectivity index (χ4v) is 1.62. The van der Waals surface area contributed by atoms with Crippen molar-refractivity contribution in [2.75, 3.05) is 11.1 Å². The molecular weight excluding hydrogens is 240 g/mol. The van der Waals surface area contributed by atoms with Crippen LogP contribution in [-0.2, 0) is 0 Å². The van der Waals surface area contributed by atoms with E-state index in [4.69, 9.17) is 16.3 Å². The topological polar surface area (TPSA) is 111 Å². The number of anilines is 3. The molecule has 0 saturated carbocycles. The average Bonchev–Trinajstić information content (AvgIpc) is 2.37. The first kappa shape index (κ1) is 12.3. The summed E-state index contributed by atoms with van der Waals surface area (Å²) in [5.41, 5.74) is 7.61. The number of rotatable bonds is 2. The third-order valence-corrected chi connectivity index (χ3v) is 2.40. The Morgan fingerprint density at radius 1 is 1.11 bits per heavy atom. The lowest BCUT2D eigenvalue weighted by Gasteiger charge is -2.07. The van der Waals surface area contributed by atoms with Gasteiger partial charge in [0.15, 0.2) is 0 Å². The summed E-state index contributed by atoms with van der Waals surface area (Å²) in [5.74, 6) is 0.718. The minimum Gasteiger partial charge on any atom is -0.368 e. The molecule has 6 heteroatoms. The van der Waals surface area contributed by atoms with Crippen LogP contribution in [0.3, 0.4) is 0 Å². The summed E-state index contributed by atoms with van der Waals surface area (Å²) in [4.78, 5) is 8.00. The zero-order valence-corrected chi connectivity index (χ0v) is 10.2. The predicted octanol–water partition coefficient (Wildman–Crippen LogP) is 1.85. The highest BCUT2D eigenvalue weighted by atomic mass is 15.1. The van der Waals surface area contributed by atoms with Crippen LogP contribution in [0.5, 0.6) is 0 Å². The SMILES string of the molecule is Cc1cc(Nc2ccc(C#N)c(C#N)c2)nc(N)n1. The van der Waals surface area contributed by atoms with Crippen molar-refractivity contribution in [3.8, 4) is 12.1 Å². The smallest absolute Gasteiger partial charge is 0.222 e. The number of aromatic nitrogens is 2. The molecule has 3 N–H and O–H groups in total. The number of nitrogen functional groups attached to an aromatic ring is 1. The largest absolute Gasteiger partial charge is 0.368 e. The molecule has 0 saturated heterocycles. The molecule has 92 valence electrons. The number of nitrogens with two attached hydrogens (primary N) is 1. The van der Waals surface area contributed by atoms with Gasteiger partial charge in [0.25, 0.3) is 0 Å². The van der Waals surface area contributed by atoms with Crippen LogP contribution in [0.15, 0.2) is 24.3 Å². The lowest BCUT2D eigenvalue weighted by molar-refractivity contribution is 1.12. The molecule has 2 aromatic rings. The van der Waals surface area contributed by atoms with Gasteiger partial charge in [-0.25, -0.2) is 4.98 Å². The van der Waals surface area contributed by atoms with E-state index in [0.717, 1.165) is 5.69 Å². The predicted molar refractivity (Wildman–Crippen MR) is 70.3 cm³/mol. The van der Waals surface area contributed by atoms with Gasteiger partial charge in [0, 0.05) is 17.4 Å². The van der Waals surface area contributed by atoms with E-state index in [-0.39, 0.29) is 5.95 Å². The van der Waals surface area contributed by atoms with Crippen molar-refractivity contribution in [1.29, 1.82) is 10.5 Å². The van der Waals surface area contributed by atoms with Crippen LogP contribution in [0.4, 0.5) is 17.5 Å². The van der Waals surface area contributed by atoms with Crippen molar-refractivity contribution >= 4 is 17.5 Å². The van der Waals surface area contributed by atoms with Gasteiger partial charge in [0.05, 0.1) is 11.1 Å². The van der Waals surface area contributed by atoms with Crippen LogP contribution in [0, 0.1) is 29.6 Å². The molecule has 0 aliphatic heterocycles. The van der Waals surface area contributed by atoms with Crippen molar-refractivity contribution in [1.82, 2.24) is 9.97 Å². The molecule has 1 aromatic heterocycles. The van der Waals surface area contributed by atoms with Crippen molar-refractivity contribution in [2.24, 2.45) is 0 Å². The van der Waals surface area contributed by atoms with Crippen LogP contribution >= 0.6 is 0 Å². The summed E-state index contributed by atoms with van der Waals surface area (Å²) in [5, 5.41) is 20.8. The van der Waals surface area contributed by atoms with E-state index < -0.39 is 0 Å². The second kappa shape index (κ2) is 5.03. The van der Waals surface area contributed by atoms with Gasteiger partial charge in [-0.2, -0.15) is 15.5 Å². The molecule has 0 spiro atoms. The van der Waals surface area contributed by atoms with Gasteiger partial charge in [0.2, 0.25) is 5.95 Å². The normalized spacial score (nSPS) is 9.42. The summed E-state index contributed by atoms with van der Waals surface area (Å²) in [7, 11) is 0. The first-order valence-corrected chi connectivity index (χ1v) is 5.45. The number of nitrogens with zero attached hydrogens (tertiary/aromatic N) is 4. The van der Waals surface area contributed by atoms with Crippen molar-refractivity contribution in [2.45, 2.75) is 6.92 Å². The Bertz CT molecular complexity index is 688. The first-order chi connectivity index (χ1) is 9.12. The van der Waals surface area contributed by atoms with Gasteiger partial charge in [-0.15, -0.1) is 0 Å². The zero-order valence-electron chi connectivity index (χ0n) is 10.2. The lowest BCUT2D eigenvalue weighted by atomic mass is 10.1. The van der Waals surface area contributed by atoms with Crippen LogP contribution < -0.4 is 11.1 Å². The second-order valence-electron chi connectivity index (χ2n) is 3.86. The maximum absolute atomic E-state index is 8.95. The quantitative estimate of drug-likeness (QED) is 0.841. The van der Waals surface area contributed by atoms with Crippen molar-refractivity contribution in [3.63, 3.8) is 0 Å². The molecule has 2 rings (SSSR count). The highest BCUT2D eigenvalue weighted by Crippen LogP contribution is 2.19. The van der Waals surface area contributed by atoms with Crippen LogP contribution in [0.1, 0.15) is 16.8 Å². The van der Waals surface area contributed by atoms with Gasteiger partial charge >= 0.3 is 0 Å². The first-order valence-electron chi connectivity index (χ1n) is 5.45. The molecule has 0 bridgehead atoms. The number of nitrogens with one attached hydrogen (secondary N) is 1. The van der Waals surface area contributed by atoms with E-state index in [0.29, 0.717) is 22.6 Å². The van der Waals surface area contributed by atoms with E-state index in [2.05, 4.69) is 15.3 Å². The molecule has 0 atom stereocenters.